The van der Waals surface area contributed by atoms with Crippen LogP contribution in [0.3, 0.4) is 0 Å². The zero-order valence-electron chi connectivity index (χ0n) is 24.7. The molecule has 7 aromatic carbocycles. The minimum atomic E-state index is 0.711. The van der Waals surface area contributed by atoms with Crippen molar-refractivity contribution in [2.45, 2.75) is 0 Å². The predicted octanol–water partition coefficient (Wildman–Crippen LogP) is 11.6. The summed E-state index contributed by atoms with van der Waals surface area (Å²) in [5.74, 6) is 1.57. The van der Waals surface area contributed by atoms with Crippen LogP contribution in [0.5, 0.6) is 0 Å². The van der Waals surface area contributed by atoms with Crippen LogP contribution in [0.2, 0.25) is 0 Å². The fraction of sp³-hybridized carbons (Fsp3) is 0. The van der Waals surface area contributed by atoms with Gasteiger partial charge in [0.05, 0.1) is 16.7 Å². The molecule has 0 aliphatic rings. The number of rotatable bonds is 3. The Morgan fingerprint density at radius 1 is 0.435 bits per heavy atom. The van der Waals surface area contributed by atoms with Gasteiger partial charge in [-0.2, -0.15) is 0 Å². The topological polar surface area (TPSA) is 30.7 Å². The largest absolute Gasteiger partial charge is 0.294 e. The number of benzene rings is 7. The molecular weight excluding hydrogens is 579 g/mol. The normalized spacial score (nSPS) is 11.9. The molecule has 0 aliphatic carbocycles. The second-order valence-corrected chi connectivity index (χ2v) is 12.8. The summed E-state index contributed by atoms with van der Waals surface area (Å²) in [4.78, 5) is 10.3. The summed E-state index contributed by atoms with van der Waals surface area (Å²) >= 11 is 1.90. The average Bonchev–Trinajstić information content (AvgIpc) is 3.69. The first kappa shape index (κ1) is 25.5. The lowest BCUT2D eigenvalue weighted by Crippen LogP contribution is -2.02. The highest BCUT2D eigenvalue weighted by Crippen LogP contribution is 2.48. The van der Waals surface area contributed by atoms with Gasteiger partial charge in [0.25, 0.3) is 0 Å². The van der Waals surface area contributed by atoms with Crippen LogP contribution >= 0.6 is 11.3 Å². The van der Waals surface area contributed by atoms with E-state index in [1.807, 2.05) is 35.6 Å². The molecule has 0 fully saturated rings. The van der Waals surface area contributed by atoms with Gasteiger partial charge in [-0.05, 0) is 34.4 Å². The van der Waals surface area contributed by atoms with E-state index >= 15 is 0 Å². The van der Waals surface area contributed by atoms with Gasteiger partial charge in [0.2, 0.25) is 0 Å². The molecule has 0 aliphatic heterocycles. The SMILES string of the molecule is c1ccc(-c2cc(-n3c4ccccc4c4c5c(ccc43)sc3c4ccccc4c4ccccc4c35)nc(-c3ccccc3)n2)cc1. The van der Waals surface area contributed by atoms with Gasteiger partial charge in [-0.25, -0.2) is 9.97 Å². The van der Waals surface area contributed by atoms with Crippen molar-refractivity contribution in [2.75, 3.05) is 0 Å². The number of nitrogens with zero attached hydrogens (tertiary/aromatic N) is 3. The molecule has 3 nitrogen and oxygen atoms in total. The molecule has 214 valence electrons. The molecule has 0 N–H and O–H groups in total. The monoisotopic (exact) mass is 603 g/mol. The number of hydrogen-bond donors (Lipinski definition) is 0. The lowest BCUT2D eigenvalue weighted by atomic mass is 9.96. The summed E-state index contributed by atoms with van der Waals surface area (Å²) in [5.41, 5.74) is 5.23. The van der Waals surface area contributed by atoms with Gasteiger partial charge in [-0.15, -0.1) is 11.3 Å². The van der Waals surface area contributed by atoms with Crippen molar-refractivity contribution in [3.63, 3.8) is 0 Å². The molecule has 46 heavy (non-hydrogen) atoms. The van der Waals surface area contributed by atoms with Crippen molar-refractivity contribution in [2.24, 2.45) is 0 Å². The highest BCUT2D eigenvalue weighted by atomic mass is 32.1. The van der Waals surface area contributed by atoms with E-state index in [-0.39, 0.29) is 0 Å². The highest BCUT2D eigenvalue weighted by molar-refractivity contribution is 7.27. The van der Waals surface area contributed by atoms with E-state index in [0.717, 1.165) is 33.7 Å². The third-order valence-electron chi connectivity index (χ3n) is 9.19. The molecule has 0 saturated heterocycles. The zero-order chi connectivity index (χ0) is 30.2. The Bertz CT molecular complexity index is 2740. The molecule has 10 aromatic rings. The third kappa shape index (κ3) is 3.65. The minimum Gasteiger partial charge on any atom is -0.294 e. The molecular formula is C42H25N3S. The van der Waals surface area contributed by atoms with Gasteiger partial charge in [-0.3, -0.25) is 4.57 Å². The molecule has 3 heterocycles. The number of fused-ring (bicyclic) bond motifs is 12. The van der Waals surface area contributed by atoms with E-state index < -0.39 is 0 Å². The minimum absolute atomic E-state index is 0.711. The van der Waals surface area contributed by atoms with E-state index in [1.54, 1.807) is 0 Å². The van der Waals surface area contributed by atoms with E-state index in [0.29, 0.717) is 5.82 Å². The van der Waals surface area contributed by atoms with Crippen LogP contribution in [-0.2, 0) is 0 Å². The summed E-state index contributed by atoms with van der Waals surface area (Å²) in [6, 6.07) is 53.9. The third-order valence-corrected chi connectivity index (χ3v) is 10.4. The molecule has 0 spiro atoms. The molecule has 0 atom stereocenters. The summed E-state index contributed by atoms with van der Waals surface area (Å²) in [6.07, 6.45) is 0. The molecule has 0 bridgehead atoms. The first-order chi connectivity index (χ1) is 22.8. The van der Waals surface area contributed by atoms with Crippen LogP contribution in [0.25, 0.3) is 92.0 Å². The number of aromatic nitrogens is 3. The molecule has 3 aromatic heterocycles. The maximum Gasteiger partial charge on any atom is 0.162 e. The molecule has 4 heteroatoms. The van der Waals surface area contributed by atoms with E-state index in [9.17, 15) is 0 Å². The smallest absolute Gasteiger partial charge is 0.162 e. The molecule has 0 amide bonds. The van der Waals surface area contributed by atoms with Crippen LogP contribution in [0.4, 0.5) is 0 Å². The van der Waals surface area contributed by atoms with Crippen LogP contribution < -0.4 is 0 Å². The zero-order valence-corrected chi connectivity index (χ0v) is 25.5. The second kappa shape index (κ2) is 9.83. The van der Waals surface area contributed by atoms with Crippen molar-refractivity contribution >= 4 is 74.9 Å². The average molecular weight is 604 g/mol. The molecule has 0 unspecified atom stereocenters. The fourth-order valence-corrected chi connectivity index (χ4v) is 8.48. The van der Waals surface area contributed by atoms with Crippen molar-refractivity contribution in [1.29, 1.82) is 0 Å². The van der Waals surface area contributed by atoms with Gasteiger partial charge in [0.15, 0.2) is 5.82 Å². The highest BCUT2D eigenvalue weighted by Gasteiger charge is 2.22. The summed E-state index contributed by atoms with van der Waals surface area (Å²) in [6.45, 7) is 0. The Hall–Kier alpha value is -5.84. The fourth-order valence-electron chi connectivity index (χ4n) is 7.22. The lowest BCUT2D eigenvalue weighted by Gasteiger charge is -2.12. The van der Waals surface area contributed by atoms with E-state index in [4.69, 9.17) is 9.97 Å². The summed E-state index contributed by atoms with van der Waals surface area (Å²) in [5, 5.41) is 10.3. The standard InChI is InChI=1S/C42H25N3S/c1-3-13-26(14-4-1)33-25-37(44-42(43-33)27-15-5-2-6-16-27)45-34-22-12-11-21-32(34)38-35(45)23-24-36-40(38)39-30-19-9-7-17-28(30)29-18-8-10-20-31(29)41(39)46-36/h1-25H. The van der Waals surface area contributed by atoms with E-state index in [1.165, 1.54) is 52.5 Å². The summed E-state index contributed by atoms with van der Waals surface area (Å²) < 4.78 is 4.97. The maximum absolute atomic E-state index is 5.25. The Morgan fingerprint density at radius 3 is 1.80 bits per heavy atom. The van der Waals surface area contributed by atoms with Crippen molar-refractivity contribution in [3.8, 4) is 28.5 Å². The molecule has 0 saturated carbocycles. The van der Waals surface area contributed by atoms with E-state index in [2.05, 4.69) is 132 Å². The number of thiophene rings is 1. The van der Waals surface area contributed by atoms with Crippen molar-refractivity contribution < 1.29 is 0 Å². The van der Waals surface area contributed by atoms with Gasteiger partial charge >= 0.3 is 0 Å². The Morgan fingerprint density at radius 2 is 1.04 bits per heavy atom. The van der Waals surface area contributed by atoms with Gasteiger partial charge < -0.3 is 0 Å². The quantitative estimate of drug-likeness (QED) is 0.188. The first-order valence-electron chi connectivity index (χ1n) is 15.5. The summed E-state index contributed by atoms with van der Waals surface area (Å²) in [7, 11) is 0. The first-order valence-corrected chi connectivity index (χ1v) is 16.3. The van der Waals surface area contributed by atoms with Crippen LogP contribution in [0.15, 0.2) is 152 Å². The van der Waals surface area contributed by atoms with Gasteiger partial charge in [0.1, 0.15) is 5.82 Å². The van der Waals surface area contributed by atoms with Crippen molar-refractivity contribution in [3.05, 3.63) is 152 Å². The number of hydrogen-bond acceptors (Lipinski definition) is 3. The Balaban J connectivity index is 1.37. The molecule has 0 radical (unpaired) electrons. The maximum atomic E-state index is 5.25. The lowest BCUT2D eigenvalue weighted by molar-refractivity contribution is 1.05. The van der Waals surface area contributed by atoms with Gasteiger partial charge in [0, 0.05) is 53.5 Å². The van der Waals surface area contributed by atoms with Gasteiger partial charge in [-0.1, -0.05) is 127 Å². The van der Waals surface area contributed by atoms with Crippen LogP contribution in [0, 0.1) is 0 Å². The molecule has 10 rings (SSSR count). The predicted molar refractivity (Wildman–Crippen MR) is 195 cm³/mol. The Labute approximate surface area is 268 Å². The van der Waals surface area contributed by atoms with Crippen LogP contribution in [0.1, 0.15) is 0 Å². The van der Waals surface area contributed by atoms with Crippen molar-refractivity contribution in [1.82, 2.24) is 14.5 Å². The second-order valence-electron chi connectivity index (χ2n) is 11.7. The number of para-hydroxylation sites is 1. The van der Waals surface area contributed by atoms with Crippen LogP contribution in [-0.4, -0.2) is 14.5 Å². The Kier molecular flexibility index (Phi) is 5.45.